The predicted molar refractivity (Wildman–Crippen MR) is 108 cm³/mol. The molecule has 1 unspecified atom stereocenters. The van der Waals surface area contributed by atoms with Crippen LogP contribution in [-0.2, 0) is 11.3 Å². The molecule has 0 heterocycles. The van der Waals surface area contributed by atoms with Crippen molar-refractivity contribution >= 4 is 5.91 Å². The summed E-state index contributed by atoms with van der Waals surface area (Å²) in [7, 11) is 1.62. The largest absolute Gasteiger partial charge is 0.497 e. The molecule has 2 aromatic carbocycles. The van der Waals surface area contributed by atoms with Crippen LogP contribution in [0.5, 0.6) is 11.5 Å². The van der Waals surface area contributed by atoms with Gasteiger partial charge in [0.25, 0.3) is 5.91 Å². The number of rotatable bonds is 11. The summed E-state index contributed by atoms with van der Waals surface area (Å²) in [6.45, 7) is 5.34. The fourth-order valence-electron chi connectivity index (χ4n) is 2.40. The molecule has 2 rings (SSSR count). The SMILES string of the molecule is COc1ccc(COCC(O)CNC(=O)c2cccc(OCC(C)C)c2)cc1. The molecule has 0 aliphatic heterocycles. The van der Waals surface area contributed by atoms with Crippen LogP contribution in [-0.4, -0.2) is 44.0 Å². The molecule has 0 aliphatic carbocycles. The molecule has 6 heteroatoms. The summed E-state index contributed by atoms with van der Waals surface area (Å²) in [6.07, 6.45) is -0.789. The number of amides is 1. The van der Waals surface area contributed by atoms with E-state index in [2.05, 4.69) is 19.2 Å². The normalized spacial score (nSPS) is 11.9. The number of hydrogen-bond donors (Lipinski definition) is 2. The molecule has 0 saturated heterocycles. The minimum absolute atomic E-state index is 0.110. The zero-order chi connectivity index (χ0) is 20.4. The summed E-state index contributed by atoms with van der Waals surface area (Å²) in [6, 6.07) is 14.5. The van der Waals surface area contributed by atoms with Gasteiger partial charge in [0.2, 0.25) is 0 Å². The number of aliphatic hydroxyl groups is 1. The molecular weight excluding hydrogens is 358 g/mol. The summed E-state index contributed by atoms with van der Waals surface area (Å²) >= 11 is 0. The van der Waals surface area contributed by atoms with Crippen molar-refractivity contribution in [2.75, 3.05) is 26.9 Å². The van der Waals surface area contributed by atoms with E-state index in [1.165, 1.54) is 0 Å². The number of carbonyl (C=O) groups excluding carboxylic acids is 1. The minimum Gasteiger partial charge on any atom is -0.497 e. The number of aliphatic hydroxyl groups excluding tert-OH is 1. The average molecular weight is 387 g/mol. The summed E-state index contributed by atoms with van der Waals surface area (Å²) in [5, 5.41) is 12.7. The van der Waals surface area contributed by atoms with Crippen LogP contribution in [0.25, 0.3) is 0 Å². The summed E-state index contributed by atoms with van der Waals surface area (Å²) in [4.78, 5) is 12.3. The molecule has 0 saturated carbocycles. The molecule has 152 valence electrons. The Hall–Kier alpha value is -2.57. The zero-order valence-corrected chi connectivity index (χ0v) is 16.7. The van der Waals surface area contributed by atoms with Crippen LogP contribution in [0.3, 0.4) is 0 Å². The maximum Gasteiger partial charge on any atom is 0.251 e. The standard InChI is InChI=1S/C22H29NO5/c1-16(2)13-28-21-6-4-5-18(11-21)22(25)23-12-19(24)15-27-14-17-7-9-20(26-3)10-8-17/h4-11,16,19,24H,12-15H2,1-3H3,(H,23,25). The zero-order valence-electron chi connectivity index (χ0n) is 16.7. The Kier molecular flexibility index (Phi) is 8.78. The Balaban J connectivity index is 1.72. The van der Waals surface area contributed by atoms with Crippen molar-refractivity contribution in [1.29, 1.82) is 0 Å². The van der Waals surface area contributed by atoms with Gasteiger partial charge in [-0.15, -0.1) is 0 Å². The van der Waals surface area contributed by atoms with Gasteiger partial charge < -0.3 is 24.6 Å². The molecule has 0 fully saturated rings. The monoisotopic (exact) mass is 387 g/mol. The van der Waals surface area contributed by atoms with Crippen molar-refractivity contribution < 1.29 is 24.1 Å². The van der Waals surface area contributed by atoms with Crippen molar-refractivity contribution in [3.63, 3.8) is 0 Å². The predicted octanol–water partition coefficient (Wildman–Crippen LogP) is 3.04. The molecular formula is C22H29NO5. The Bertz CT molecular complexity index is 730. The van der Waals surface area contributed by atoms with Crippen molar-refractivity contribution in [1.82, 2.24) is 5.32 Å². The quantitative estimate of drug-likeness (QED) is 0.620. The molecule has 0 aromatic heterocycles. The molecule has 1 amide bonds. The van der Waals surface area contributed by atoms with Gasteiger partial charge in [0.05, 0.1) is 33.0 Å². The number of nitrogens with one attached hydrogen (secondary N) is 1. The second kappa shape index (κ2) is 11.3. The van der Waals surface area contributed by atoms with E-state index < -0.39 is 6.10 Å². The van der Waals surface area contributed by atoms with E-state index in [0.717, 1.165) is 11.3 Å². The molecule has 0 radical (unpaired) electrons. The summed E-state index contributed by atoms with van der Waals surface area (Å²) in [5.74, 6) is 1.59. The van der Waals surface area contributed by atoms with E-state index in [1.54, 1.807) is 25.3 Å². The molecule has 2 N–H and O–H groups in total. The van der Waals surface area contributed by atoms with Crippen LogP contribution < -0.4 is 14.8 Å². The first-order valence-corrected chi connectivity index (χ1v) is 9.37. The van der Waals surface area contributed by atoms with Gasteiger partial charge in [-0.1, -0.05) is 32.0 Å². The van der Waals surface area contributed by atoms with E-state index in [4.69, 9.17) is 14.2 Å². The Labute approximate surface area is 166 Å². The molecule has 0 spiro atoms. The highest BCUT2D eigenvalue weighted by molar-refractivity contribution is 5.94. The van der Waals surface area contributed by atoms with E-state index >= 15 is 0 Å². The van der Waals surface area contributed by atoms with Gasteiger partial charge in [-0.2, -0.15) is 0 Å². The molecule has 28 heavy (non-hydrogen) atoms. The van der Waals surface area contributed by atoms with Crippen molar-refractivity contribution in [2.45, 2.75) is 26.6 Å². The fourth-order valence-corrected chi connectivity index (χ4v) is 2.40. The lowest BCUT2D eigenvalue weighted by molar-refractivity contribution is 0.0285. The second-order valence-electron chi connectivity index (χ2n) is 6.96. The van der Waals surface area contributed by atoms with Gasteiger partial charge in [0.1, 0.15) is 11.5 Å². The van der Waals surface area contributed by atoms with Crippen molar-refractivity contribution in [3.8, 4) is 11.5 Å². The van der Waals surface area contributed by atoms with Gasteiger partial charge in [-0.05, 0) is 41.8 Å². The van der Waals surface area contributed by atoms with Crippen molar-refractivity contribution in [2.24, 2.45) is 5.92 Å². The number of carbonyl (C=O) groups is 1. The van der Waals surface area contributed by atoms with Crippen LogP contribution in [0, 0.1) is 5.92 Å². The Morgan fingerprint density at radius 3 is 2.50 bits per heavy atom. The van der Waals surface area contributed by atoms with E-state index in [1.807, 2.05) is 30.3 Å². The highest BCUT2D eigenvalue weighted by Gasteiger charge is 2.10. The third-order valence-corrected chi connectivity index (χ3v) is 3.92. The van der Waals surface area contributed by atoms with Crippen LogP contribution >= 0.6 is 0 Å². The Morgan fingerprint density at radius 1 is 1.07 bits per heavy atom. The minimum atomic E-state index is -0.789. The lowest BCUT2D eigenvalue weighted by Gasteiger charge is -2.13. The number of ether oxygens (including phenoxy) is 3. The lowest BCUT2D eigenvalue weighted by Crippen LogP contribution is -2.34. The molecule has 0 bridgehead atoms. The van der Waals surface area contributed by atoms with Crippen LogP contribution in [0.15, 0.2) is 48.5 Å². The van der Waals surface area contributed by atoms with Gasteiger partial charge in [-0.3, -0.25) is 4.79 Å². The van der Waals surface area contributed by atoms with Crippen molar-refractivity contribution in [3.05, 3.63) is 59.7 Å². The lowest BCUT2D eigenvalue weighted by atomic mass is 10.2. The van der Waals surface area contributed by atoms with Crippen LogP contribution in [0.2, 0.25) is 0 Å². The number of methoxy groups -OCH3 is 1. The maximum atomic E-state index is 12.3. The first kappa shape index (κ1) is 21.7. The average Bonchev–Trinajstić information content (AvgIpc) is 2.71. The molecule has 2 aromatic rings. The van der Waals surface area contributed by atoms with E-state index in [9.17, 15) is 9.90 Å². The van der Waals surface area contributed by atoms with Gasteiger partial charge in [-0.25, -0.2) is 0 Å². The smallest absolute Gasteiger partial charge is 0.251 e. The second-order valence-corrected chi connectivity index (χ2v) is 6.96. The number of benzene rings is 2. The highest BCUT2D eigenvalue weighted by atomic mass is 16.5. The van der Waals surface area contributed by atoms with E-state index in [-0.39, 0.29) is 19.1 Å². The first-order valence-electron chi connectivity index (χ1n) is 9.37. The third-order valence-electron chi connectivity index (χ3n) is 3.92. The number of hydrogen-bond acceptors (Lipinski definition) is 5. The first-order chi connectivity index (χ1) is 13.5. The third kappa shape index (κ3) is 7.58. The fraction of sp³-hybridized carbons (Fsp3) is 0.409. The maximum absolute atomic E-state index is 12.3. The molecule has 6 nitrogen and oxygen atoms in total. The van der Waals surface area contributed by atoms with Gasteiger partial charge in [0.15, 0.2) is 0 Å². The summed E-state index contributed by atoms with van der Waals surface area (Å²) in [5.41, 5.74) is 1.47. The Morgan fingerprint density at radius 2 is 1.82 bits per heavy atom. The van der Waals surface area contributed by atoms with Gasteiger partial charge in [0, 0.05) is 12.1 Å². The van der Waals surface area contributed by atoms with E-state index in [0.29, 0.717) is 30.4 Å². The molecule has 0 aliphatic rings. The highest BCUT2D eigenvalue weighted by Crippen LogP contribution is 2.14. The topological polar surface area (TPSA) is 77.0 Å². The van der Waals surface area contributed by atoms with Crippen LogP contribution in [0.4, 0.5) is 0 Å². The summed E-state index contributed by atoms with van der Waals surface area (Å²) < 4.78 is 16.2. The van der Waals surface area contributed by atoms with Crippen LogP contribution in [0.1, 0.15) is 29.8 Å². The molecule has 1 atom stereocenters. The van der Waals surface area contributed by atoms with Gasteiger partial charge >= 0.3 is 0 Å².